The van der Waals surface area contributed by atoms with Crippen molar-refractivity contribution in [3.05, 3.63) is 33.3 Å². The van der Waals surface area contributed by atoms with Gasteiger partial charge in [0.05, 0.1) is 0 Å². The van der Waals surface area contributed by atoms with Crippen molar-refractivity contribution in [2.75, 3.05) is 0 Å². The van der Waals surface area contributed by atoms with Crippen molar-refractivity contribution in [2.24, 2.45) is 0 Å². The van der Waals surface area contributed by atoms with Gasteiger partial charge < -0.3 is 0 Å². The molecule has 7 heteroatoms. The number of unbranched alkanes of at least 4 members (excludes halogenated alkanes) is 1. The second-order valence-electron chi connectivity index (χ2n) is 1.50. The number of hydrogen-bond acceptors (Lipinski definition) is 1. The van der Waals surface area contributed by atoms with E-state index in [0.717, 1.165) is 12.8 Å². The molecule has 0 saturated heterocycles. The van der Waals surface area contributed by atoms with Gasteiger partial charge >= 0.3 is 111 Å². The maximum atomic E-state index is 8.60. The molecule has 0 heterocycles. The van der Waals surface area contributed by atoms with Gasteiger partial charge in [-0.15, -0.1) is 0 Å². The first kappa shape index (κ1) is 36.0. The Kier molecular flexibility index (Phi) is 239. The van der Waals surface area contributed by atoms with E-state index in [9.17, 15) is 0 Å². The van der Waals surface area contributed by atoms with Crippen LogP contribution in [0.2, 0.25) is 0 Å². The first-order chi connectivity index (χ1) is 8.27. The molecule has 1 N–H and O–H groups in total. The molecule has 0 fully saturated rings. The molecule has 17 heavy (non-hydrogen) atoms. The summed E-state index contributed by atoms with van der Waals surface area (Å²) in [5, 5.41) is 8.60. The van der Waals surface area contributed by atoms with Gasteiger partial charge in [-0.1, -0.05) is 0 Å². The zero-order valence-electron chi connectivity index (χ0n) is 9.02. The molecule has 0 radical (unpaired) electrons. The molecule has 92 valence electrons. The van der Waals surface area contributed by atoms with Crippen LogP contribution in [0.4, 0.5) is 0 Å². The van der Waals surface area contributed by atoms with Crippen LogP contribution in [0, 0.1) is 33.3 Å². The molecule has 0 aromatic carbocycles. The van der Waals surface area contributed by atoms with Crippen LogP contribution in [0.25, 0.3) is 0 Å². The van der Waals surface area contributed by atoms with Gasteiger partial charge in [-0.25, -0.2) is 0 Å². The average Bonchev–Trinajstić information content (AvgIpc) is 2.47. The van der Waals surface area contributed by atoms with Gasteiger partial charge in [0.2, 0.25) is 0 Å². The minimum absolute atomic E-state index is 0.567. The molecule has 0 aliphatic rings. The van der Waals surface area contributed by atoms with Crippen molar-refractivity contribution in [3.8, 4) is 0 Å². The van der Waals surface area contributed by atoms with E-state index in [-0.39, 0.29) is 0 Å². The summed E-state index contributed by atoms with van der Waals surface area (Å²) in [5.41, 5.74) is 0. The Balaban J connectivity index is -0.0000000257. The van der Waals surface area contributed by atoms with E-state index in [2.05, 4.69) is 40.2 Å². The summed E-state index contributed by atoms with van der Waals surface area (Å²) in [6.45, 7) is 24.6. The summed E-state index contributed by atoms with van der Waals surface area (Å²) < 4.78 is 38.1. The molecule has 0 saturated carbocycles. The molecule has 0 atom stereocenters. The van der Waals surface area contributed by atoms with Crippen molar-refractivity contribution in [1.82, 2.24) is 0 Å². The van der Waals surface area contributed by atoms with Gasteiger partial charge in [0, 0.05) is 0 Å². The maximum absolute atomic E-state index is 8.60. The van der Waals surface area contributed by atoms with Crippen LogP contribution < -0.4 is 0 Å². The van der Waals surface area contributed by atoms with E-state index in [1.165, 1.54) is 6.42 Å². The van der Waals surface area contributed by atoms with Crippen LogP contribution in [0.1, 0.15) is 26.2 Å². The van der Waals surface area contributed by atoms with Crippen LogP contribution in [0.15, 0.2) is 0 Å². The molecular formula is C10H10MoO6. The van der Waals surface area contributed by atoms with Gasteiger partial charge in [-0.05, 0) is 0 Å². The summed E-state index contributed by atoms with van der Waals surface area (Å²) >= 11 is 1.68. The van der Waals surface area contributed by atoms with Crippen LogP contribution in [-0.4, -0.2) is 9.19 Å². The SMILES string of the molecule is CCCC[C](O)=[Mo].[C-]#[O+].[C-]#[O+].[C-]#[O+].[C-]#[O+].[C-]#[O+]. The molecule has 0 rings (SSSR count). The normalized spacial score (nSPS) is 4.24. The summed E-state index contributed by atoms with van der Waals surface area (Å²) in [7, 11) is 0. The van der Waals surface area contributed by atoms with Crippen molar-refractivity contribution in [1.29, 1.82) is 0 Å². The molecule has 6 nitrogen and oxygen atoms in total. The monoisotopic (exact) mass is 324 g/mol. The van der Waals surface area contributed by atoms with Gasteiger partial charge in [0.15, 0.2) is 0 Å². The molecule has 0 bridgehead atoms. The molecule has 0 aromatic rings. The van der Waals surface area contributed by atoms with E-state index < -0.39 is 0 Å². The predicted octanol–water partition coefficient (Wildman–Crippen LogP) is 1.04. The van der Waals surface area contributed by atoms with Gasteiger partial charge in [-0.3, -0.25) is 0 Å². The zero-order chi connectivity index (χ0) is 15.7. The van der Waals surface area contributed by atoms with Crippen molar-refractivity contribution < 1.29 is 47.7 Å². The van der Waals surface area contributed by atoms with Gasteiger partial charge in [0.1, 0.15) is 0 Å². The van der Waals surface area contributed by atoms with Gasteiger partial charge in [0.25, 0.3) is 0 Å². The van der Waals surface area contributed by atoms with Crippen LogP contribution >= 0.6 is 0 Å². The molecule has 0 spiro atoms. The molecule has 0 aliphatic carbocycles. The van der Waals surface area contributed by atoms with Crippen molar-refractivity contribution >= 4 is 4.08 Å². The number of rotatable bonds is 3. The Hall–Kier alpha value is -0.782. The Morgan fingerprint density at radius 2 is 1.12 bits per heavy atom. The van der Waals surface area contributed by atoms with E-state index in [0.29, 0.717) is 4.08 Å². The first-order valence-corrected chi connectivity index (χ1v) is 4.51. The summed E-state index contributed by atoms with van der Waals surface area (Å²) in [5.74, 6) is 0. The minimum atomic E-state index is 0.567. The van der Waals surface area contributed by atoms with Crippen molar-refractivity contribution in [3.63, 3.8) is 0 Å². The fourth-order valence-corrected chi connectivity index (χ4v) is 0.683. The number of aliphatic hydroxyl groups excluding tert-OH is 1. The fourth-order valence-electron chi connectivity index (χ4n) is 0.328. The summed E-state index contributed by atoms with van der Waals surface area (Å²) in [6, 6.07) is 0. The summed E-state index contributed by atoms with van der Waals surface area (Å²) in [4.78, 5) is 0. The predicted molar refractivity (Wildman–Crippen MR) is 46.1 cm³/mol. The Labute approximate surface area is 111 Å². The second kappa shape index (κ2) is 113. The topological polar surface area (TPSA) is 120 Å². The Morgan fingerprint density at radius 1 is 0.882 bits per heavy atom. The third-order valence-electron chi connectivity index (χ3n) is 0.744. The Morgan fingerprint density at radius 3 is 1.18 bits per heavy atom. The standard InChI is InChI=1S/C5H10O.5CO.Mo/c1-2-3-4-5-6;5*1-2;/h6H,2-4H2,1H3;;;;;;. The Bertz CT molecular complexity index is 178. The number of aliphatic hydroxyl groups is 1. The molecule has 0 aromatic heterocycles. The van der Waals surface area contributed by atoms with Crippen LogP contribution in [-0.2, 0) is 42.6 Å². The van der Waals surface area contributed by atoms with Gasteiger partial charge in [-0.2, -0.15) is 0 Å². The summed E-state index contributed by atoms with van der Waals surface area (Å²) in [6.07, 6.45) is 3.16. The average molecular weight is 322 g/mol. The molecular weight excluding hydrogens is 312 g/mol. The van der Waals surface area contributed by atoms with E-state index >= 15 is 0 Å². The molecule has 0 amide bonds. The van der Waals surface area contributed by atoms with Crippen molar-refractivity contribution in [2.45, 2.75) is 26.2 Å². The van der Waals surface area contributed by atoms with E-state index in [1.54, 1.807) is 19.4 Å². The zero-order valence-corrected chi connectivity index (χ0v) is 11.0. The number of hydrogen-bond donors (Lipinski definition) is 1. The molecule has 0 unspecified atom stereocenters. The van der Waals surface area contributed by atoms with E-state index in [4.69, 9.17) is 28.4 Å². The van der Waals surface area contributed by atoms with E-state index in [1.807, 2.05) is 0 Å². The third-order valence-corrected chi connectivity index (χ3v) is 1.25. The van der Waals surface area contributed by atoms with Crippen LogP contribution in [0.3, 0.4) is 0 Å². The second-order valence-corrected chi connectivity index (χ2v) is 2.66. The molecule has 0 aliphatic heterocycles. The van der Waals surface area contributed by atoms with Crippen LogP contribution in [0.5, 0.6) is 0 Å². The third kappa shape index (κ3) is 257. The fraction of sp³-hybridized carbons (Fsp3) is 0.400. The first-order valence-electron chi connectivity index (χ1n) is 3.51. The quantitative estimate of drug-likeness (QED) is 0.466.